The van der Waals surface area contributed by atoms with Crippen molar-refractivity contribution in [1.29, 1.82) is 0 Å². The summed E-state index contributed by atoms with van der Waals surface area (Å²) in [7, 11) is 0. The maximum absolute atomic E-state index is 11.1. The van der Waals surface area contributed by atoms with Crippen molar-refractivity contribution in [3.8, 4) is 34.5 Å². The Bertz CT molecular complexity index is 1200. The van der Waals surface area contributed by atoms with Gasteiger partial charge in [0.15, 0.2) is 11.5 Å². The summed E-state index contributed by atoms with van der Waals surface area (Å²) in [6, 6.07) is 15.3. The third-order valence-corrected chi connectivity index (χ3v) is 6.68. The fourth-order valence-electron chi connectivity index (χ4n) is 4.59. The lowest BCUT2D eigenvalue weighted by molar-refractivity contribution is 0.381. The van der Waals surface area contributed by atoms with Gasteiger partial charge in [0.2, 0.25) is 0 Å². The van der Waals surface area contributed by atoms with E-state index in [2.05, 4.69) is 83.1 Å². The van der Waals surface area contributed by atoms with Crippen molar-refractivity contribution in [3.63, 3.8) is 0 Å². The first-order valence-corrected chi connectivity index (χ1v) is 13.4. The number of aromatic hydroxyl groups is 2. The van der Waals surface area contributed by atoms with Crippen molar-refractivity contribution in [2.24, 2.45) is 0 Å². The Morgan fingerprint density at radius 3 is 1.03 bits per heavy atom. The molecule has 2 N–H and O–H groups in total. The van der Waals surface area contributed by atoms with E-state index in [1.165, 1.54) is 0 Å². The average Bonchev–Trinajstić information content (AvgIpc) is 2.71. The Labute approximate surface area is 229 Å². The van der Waals surface area contributed by atoms with Gasteiger partial charge in [-0.15, -0.1) is 0 Å². The number of rotatable bonds is 4. The number of ether oxygens (including phenoxy) is 2. The lowest BCUT2D eigenvalue weighted by Crippen LogP contribution is -2.17. The summed E-state index contributed by atoms with van der Waals surface area (Å²) in [6.45, 7) is 25.0. The summed E-state index contributed by atoms with van der Waals surface area (Å²) >= 11 is 0. The van der Waals surface area contributed by atoms with Gasteiger partial charge in [-0.05, 0) is 69.2 Å². The molecule has 206 valence electrons. The fourth-order valence-corrected chi connectivity index (χ4v) is 4.59. The molecule has 4 heteroatoms. The molecule has 0 aliphatic carbocycles. The van der Waals surface area contributed by atoms with Gasteiger partial charge in [0.25, 0.3) is 0 Å². The predicted molar refractivity (Wildman–Crippen MR) is 158 cm³/mol. The van der Waals surface area contributed by atoms with Gasteiger partial charge in [-0.25, -0.2) is 0 Å². The highest BCUT2D eigenvalue weighted by Gasteiger charge is 2.29. The largest absolute Gasteiger partial charge is 0.507 e. The van der Waals surface area contributed by atoms with Crippen LogP contribution < -0.4 is 9.47 Å². The van der Waals surface area contributed by atoms with E-state index in [1.54, 1.807) is 0 Å². The van der Waals surface area contributed by atoms with Crippen molar-refractivity contribution in [2.45, 2.75) is 105 Å². The first-order valence-electron chi connectivity index (χ1n) is 13.4. The molecule has 0 aromatic heterocycles. The number of para-hydroxylation sites is 2. The van der Waals surface area contributed by atoms with E-state index in [1.807, 2.05) is 48.5 Å². The Morgan fingerprint density at radius 2 is 0.763 bits per heavy atom. The van der Waals surface area contributed by atoms with Gasteiger partial charge >= 0.3 is 0 Å². The first kappa shape index (κ1) is 29.4. The normalized spacial score (nSPS) is 12.9. The molecule has 3 rings (SSSR count). The van der Waals surface area contributed by atoms with E-state index < -0.39 is 0 Å². The molecule has 0 aliphatic rings. The Balaban J connectivity index is 2.19. The molecular formula is C34H46O4. The van der Waals surface area contributed by atoms with Crippen LogP contribution in [0.1, 0.15) is 105 Å². The van der Waals surface area contributed by atoms with Gasteiger partial charge < -0.3 is 19.7 Å². The Hall–Kier alpha value is -3.14. The van der Waals surface area contributed by atoms with Crippen molar-refractivity contribution >= 4 is 0 Å². The van der Waals surface area contributed by atoms with Gasteiger partial charge in [0, 0.05) is 11.1 Å². The molecule has 0 radical (unpaired) electrons. The molecule has 0 unspecified atom stereocenters. The molecule has 0 bridgehead atoms. The third-order valence-electron chi connectivity index (χ3n) is 6.68. The maximum Gasteiger partial charge on any atom is 0.169 e. The molecule has 0 heterocycles. The van der Waals surface area contributed by atoms with E-state index in [4.69, 9.17) is 9.47 Å². The number of phenolic OH excluding ortho intramolecular Hbond substituents is 2. The van der Waals surface area contributed by atoms with Crippen LogP contribution in [0.25, 0.3) is 0 Å². The predicted octanol–water partition coefficient (Wildman–Crippen LogP) is 9.87. The lowest BCUT2D eigenvalue weighted by atomic mass is 9.81. The summed E-state index contributed by atoms with van der Waals surface area (Å²) in [5, 5.41) is 22.2. The average molecular weight is 519 g/mol. The van der Waals surface area contributed by atoms with Gasteiger partial charge in [0.05, 0.1) is 0 Å². The molecule has 0 amide bonds. The van der Waals surface area contributed by atoms with Crippen LogP contribution in [0, 0.1) is 0 Å². The van der Waals surface area contributed by atoms with E-state index in [9.17, 15) is 10.2 Å². The number of phenols is 2. The van der Waals surface area contributed by atoms with Crippen LogP contribution in [-0.4, -0.2) is 10.2 Å². The van der Waals surface area contributed by atoms with Gasteiger partial charge in [-0.2, -0.15) is 0 Å². The van der Waals surface area contributed by atoms with Gasteiger partial charge in [-0.1, -0.05) is 95.2 Å². The fraction of sp³-hybridized carbons (Fsp3) is 0.471. The Kier molecular flexibility index (Phi) is 7.64. The first-order chi connectivity index (χ1) is 17.2. The quantitative estimate of drug-likeness (QED) is 0.361. The maximum atomic E-state index is 11.1. The van der Waals surface area contributed by atoms with Crippen LogP contribution in [-0.2, 0) is 21.7 Å². The second kappa shape index (κ2) is 9.87. The molecule has 38 heavy (non-hydrogen) atoms. The highest BCUT2D eigenvalue weighted by Crippen LogP contribution is 2.47. The minimum atomic E-state index is -0.349. The third kappa shape index (κ3) is 6.46. The number of benzene rings is 3. The molecule has 0 spiro atoms. The number of hydrogen-bond acceptors (Lipinski definition) is 4. The zero-order valence-electron chi connectivity index (χ0n) is 25.3. The summed E-state index contributed by atoms with van der Waals surface area (Å²) in [5.41, 5.74) is 2.40. The molecule has 0 saturated carbocycles. The van der Waals surface area contributed by atoms with Gasteiger partial charge in [0.1, 0.15) is 23.0 Å². The highest BCUT2D eigenvalue weighted by molar-refractivity contribution is 5.57. The summed E-state index contributed by atoms with van der Waals surface area (Å²) < 4.78 is 13.1. The zero-order chi connectivity index (χ0) is 28.8. The van der Waals surface area contributed by atoms with Crippen LogP contribution in [0.2, 0.25) is 0 Å². The van der Waals surface area contributed by atoms with Crippen LogP contribution in [0.5, 0.6) is 34.5 Å². The highest BCUT2D eigenvalue weighted by atomic mass is 16.5. The van der Waals surface area contributed by atoms with Crippen LogP contribution in [0.4, 0.5) is 0 Å². The molecule has 0 atom stereocenters. The van der Waals surface area contributed by atoms with Gasteiger partial charge in [-0.3, -0.25) is 0 Å². The van der Waals surface area contributed by atoms with E-state index in [-0.39, 0.29) is 33.2 Å². The smallest absolute Gasteiger partial charge is 0.169 e. The second-order valence-electron chi connectivity index (χ2n) is 14.4. The second-order valence-corrected chi connectivity index (χ2v) is 14.4. The number of hydrogen-bond donors (Lipinski definition) is 2. The molecule has 3 aromatic carbocycles. The van der Waals surface area contributed by atoms with Crippen LogP contribution >= 0.6 is 0 Å². The molecule has 4 nitrogen and oxygen atoms in total. The van der Waals surface area contributed by atoms with Crippen molar-refractivity contribution in [3.05, 3.63) is 70.8 Å². The van der Waals surface area contributed by atoms with Crippen molar-refractivity contribution in [1.82, 2.24) is 0 Å². The lowest BCUT2D eigenvalue weighted by Gasteiger charge is -2.29. The summed E-state index contributed by atoms with van der Waals surface area (Å²) in [5.74, 6) is 2.70. The van der Waals surface area contributed by atoms with E-state index in [0.29, 0.717) is 23.0 Å². The van der Waals surface area contributed by atoms with Crippen LogP contribution in [0.15, 0.2) is 48.5 Å². The molecule has 0 fully saturated rings. The minimum Gasteiger partial charge on any atom is -0.507 e. The van der Waals surface area contributed by atoms with Crippen molar-refractivity contribution in [2.75, 3.05) is 0 Å². The van der Waals surface area contributed by atoms with Crippen LogP contribution in [0.3, 0.4) is 0 Å². The molecule has 0 saturated heterocycles. The van der Waals surface area contributed by atoms with Crippen molar-refractivity contribution < 1.29 is 19.7 Å². The minimum absolute atomic E-state index is 0.172. The molecule has 3 aromatic rings. The zero-order valence-corrected chi connectivity index (χ0v) is 25.3. The van der Waals surface area contributed by atoms with E-state index >= 15 is 0 Å². The molecular weight excluding hydrogens is 472 g/mol. The standard InChI is InChI=1S/C34H46O4/c1-31(2,3)21-17-23(35)29(33(7,8)9)27(19-21)37-25-15-13-14-16-26(25)38-28-20-22(32(4,5)6)18-24(36)30(28)34(10,11)12/h13-20,35-36H,1-12H3. The summed E-state index contributed by atoms with van der Waals surface area (Å²) in [6.07, 6.45) is 0. The summed E-state index contributed by atoms with van der Waals surface area (Å²) in [4.78, 5) is 0. The topological polar surface area (TPSA) is 58.9 Å². The Morgan fingerprint density at radius 1 is 0.447 bits per heavy atom. The monoisotopic (exact) mass is 518 g/mol. The molecule has 0 aliphatic heterocycles. The van der Waals surface area contributed by atoms with E-state index in [0.717, 1.165) is 22.3 Å². The SMILES string of the molecule is CC(C)(C)c1cc(O)c(C(C)(C)C)c(Oc2ccccc2Oc2cc(C(C)(C)C)cc(O)c2C(C)(C)C)c1.